The fourth-order valence-electron chi connectivity index (χ4n) is 1.52. The Morgan fingerprint density at radius 2 is 2.29 bits per heavy atom. The van der Waals surface area contributed by atoms with E-state index >= 15 is 0 Å². The average molecular weight is 236 g/mol. The molecule has 0 saturated heterocycles. The maximum atomic E-state index is 8.53. The number of aliphatic hydroxyl groups excluding tert-OH is 1. The highest BCUT2D eigenvalue weighted by molar-refractivity contribution is 5.80. The standard InChI is InChI=1S/C11H16N4O2/c12-8-1-2-9-10(7-8)15-11(14-9)13-3-5-17-6-4-16/h1-2,7,16H,3-6,12H2,(H2,13,14,15). The number of nitrogens with two attached hydrogens (primary N) is 1. The molecule has 5 N–H and O–H groups in total. The molecule has 0 bridgehead atoms. The second-order valence-electron chi connectivity index (χ2n) is 3.62. The van der Waals surface area contributed by atoms with Crippen LogP contribution in [0.4, 0.5) is 11.6 Å². The van der Waals surface area contributed by atoms with Crippen molar-refractivity contribution >= 4 is 22.7 Å². The molecule has 1 aromatic carbocycles. The van der Waals surface area contributed by atoms with E-state index in [1.165, 1.54) is 0 Å². The Morgan fingerprint density at radius 1 is 1.41 bits per heavy atom. The minimum atomic E-state index is 0.0456. The molecule has 0 spiro atoms. The lowest BCUT2D eigenvalue weighted by molar-refractivity contribution is 0.0991. The van der Waals surface area contributed by atoms with E-state index in [0.717, 1.165) is 11.0 Å². The van der Waals surface area contributed by atoms with E-state index in [1.807, 2.05) is 18.2 Å². The molecule has 0 aliphatic carbocycles. The van der Waals surface area contributed by atoms with Crippen molar-refractivity contribution in [2.45, 2.75) is 0 Å². The summed E-state index contributed by atoms with van der Waals surface area (Å²) in [5.74, 6) is 0.693. The van der Waals surface area contributed by atoms with Crippen LogP contribution in [-0.2, 0) is 4.74 Å². The fraction of sp³-hybridized carbons (Fsp3) is 0.364. The van der Waals surface area contributed by atoms with Crippen molar-refractivity contribution in [3.63, 3.8) is 0 Å². The second-order valence-corrected chi connectivity index (χ2v) is 3.62. The number of benzene rings is 1. The minimum Gasteiger partial charge on any atom is -0.399 e. The molecule has 0 atom stereocenters. The number of rotatable bonds is 6. The fourth-order valence-corrected chi connectivity index (χ4v) is 1.52. The first-order valence-electron chi connectivity index (χ1n) is 5.47. The lowest BCUT2D eigenvalue weighted by atomic mass is 10.3. The Labute approximate surface area is 98.8 Å². The summed E-state index contributed by atoms with van der Waals surface area (Å²) in [4.78, 5) is 7.46. The van der Waals surface area contributed by atoms with E-state index in [1.54, 1.807) is 0 Å². The third-order valence-electron chi connectivity index (χ3n) is 2.28. The summed E-state index contributed by atoms with van der Waals surface area (Å²) in [6.45, 7) is 1.57. The van der Waals surface area contributed by atoms with Crippen molar-refractivity contribution in [2.75, 3.05) is 37.4 Å². The molecule has 0 unspecified atom stereocenters. The normalized spacial score (nSPS) is 10.9. The molecule has 0 amide bonds. The van der Waals surface area contributed by atoms with Gasteiger partial charge in [-0.25, -0.2) is 4.98 Å². The van der Waals surface area contributed by atoms with Crippen LogP contribution in [0.3, 0.4) is 0 Å². The Hall–Kier alpha value is -1.79. The van der Waals surface area contributed by atoms with Gasteiger partial charge in [-0.2, -0.15) is 0 Å². The number of nitrogen functional groups attached to an aromatic ring is 1. The SMILES string of the molecule is Nc1ccc2nc(NCCOCCO)[nH]c2c1. The smallest absolute Gasteiger partial charge is 0.201 e. The number of nitrogens with one attached hydrogen (secondary N) is 2. The van der Waals surface area contributed by atoms with Gasteiger partial charge in [0.15, 0.2) is 0 Å². The van der Waals surface area contributed by atoms with E-state index in [9.17, 15) is 0 Å². The highest BCUT2D eigenvalue weighted by atomic mass is 16.5. The van der Waals surface area contributed by atoms with Gasteiger partial charge in [0, 0.05) is 12.2 Å². The lowest BCUT2D eigenvalue weighted by Gasteiger charge is -2.02. The zero-order chi connectivity index (χ0) is 12.1. The van der Waals surface area contributed by atoms with Gasteiger partial charge in [0.1, 0.15) is 0 Å². The van der Waals surface area contributed by atoms with Gasteiger partial charge in [0.25, 0.3) is 0 Å². The highest BCUT2D eigenvalue weighted by Crippen LogP contribution is 2.16. The first kappa shape index (κ1) is 11.7. The summed E-state index contributed by atoms with van der Waals surface area (Å²) in [6, 6.07) is 5.53. The summed E-state index contributed by atoms with van der Waals surface area (Å²) in [6.07, 6.45) is 0. The van der Waals surface area contributed by atoms with Crippen LogP contribution in [0.2, 0.25) is 0 Å². The average Bonchev–Trinajstić information content (AvgIpc) is 2.70. The molecule has 1 aromatic heterocycles. The van der Waals surface area contributed by atoms with Gasteiger partial charge in [-0.15, -0.1) is 0 Å². The predicted molar refractivity (Wildman–Crippen MR) is 66.9 cm³/mol. The minimum absolute atomic E-state index is 0.0456. The molecule has 2 rings (SSSR count). The Balaban J connectivity index is 1.91. The maximum absolute atomic E-state index is 8.53. The Bertz CT molecular complexity index is 483. The summed E-state index contributed by atoms with van der Waals surface area (Å²) < 4.78 is 5.12. The Kier molecular flexibility index (Phi) is 3.79. The predicted octanol–water partition coefficient (Wildman–Crippen LogP) is 0.566. The number of H-pyrrole nitrogens is 1. The van der Waals surface area contributed by atoms with Gasteiger partial charge in [0.2, 0.25) is 5.95 Å². The van der Waals surface area contributed by atoms with Crippen LogP contribution in [0.1, 0.15) is 0 Å². The van der Waals surface area contributed by atoms with Gasteiger partial charge in [0.05, 0.1) is 30.9 Å². The third-order valence-corrected chi connectivity index (χ3v) is 2.28. The van der Waals surface area contributed by atoms with Crippen LogP contribution >= 0.6 is 0 Å². The number of hydrogen-bond acceptors (Lipinski definition) is 5. The van der Waals surface area contributed by atoms with E-state index < -0.39 is 0 Å². The zero-order valence-electron chi connectivity index (χ0n) is 9.44. The quantitative estimate of drug-likeness (QED) is 0.434. The first-order chi connectivity index (χ1) is 8.29. The van der Waals surface area contributed by atoms with E-state index in [4.69, 9.17) is 15.6 Å². The van der Waals surface area contributed by atoms with Crippen LogP contribution in [-0.4, -0.2) is 41.4 Å². The van der Waals surface area contributed by atoms with Crippen molar-refractivity contribution in [1.29, 1.82) is 0 Å². The van der Waals surface area contributed by atoms with E-state index in [-0.39, 0.29) is 6.61 Å². The number of anilines is 2. The van der Waals surface area contributed by atoms with Crippen LogP contribution in [0, 0.1) is 0 Å². The molecule has 0 saturated carbocycles. The molecule has 0 aliphatic rings. The van der Waals surface area contributed by atoms with Gasteiger partial charge in [-0.1, -0.05) is 0 Å². The Morgan fingerprint density at radius 3 is 3.12 bits per heavy atom. The van der Waals surface area contributed by atoms with Crippen molar-refractivity contribution < 1.29 is 9.84 Å². The largest absolute Gasteiger partial charge is 0.399 e. The van der Waals surface area contributed by atoms with Crippen molar-refractivity contribution in [2.24, 2.45) is 0 Å². The molecular weight excluding hydrogens is 220 g/mol. The first-order valence-corrected chi connectivity index (χ1v) is 5.47. The van der Waals surface area contributed by atoms with Crippen molar-refractivity contribution in [3.8, 4) is 0 Å². The number of ether oxygens (including phenoxy) is 1. The molecule has 0 fully saturated rings. The maximum Gasteiger partial charge on any atom is 0.201 e. The number of imidazole rings is 1. The number of aromatic amines is 1. The lowest BCUT2D eigenvalue weighted by Crippen LogP contribution is -2.11. The highest BCUT2D eigenvalue weighted by Gasteiger charge is 2.01. The molecule has 17 heavy (non-hydrogen) atoms. The van der Waals surface area contributed by atoms with Gasteiger partial charge < -0.3 is 25.9 Å². The summed E-state index contributed by atoms with van der Waals surface area (Å²) in [5.41, 5.74) is 8.16. The third kappa shape index (κ3) is 3.08. The van der Waals surface area contributed by atoms with Crippen LogP contribution in [0.5, 0.6) is 0 Å². The number of fused-ring (bicyclic) bond motifs is 1. The topological polar surface area (TPSA) is 96.2 Å². The van der Waals surface area contributed by atoms with Gasteiger partial charge in [-0.05, 0) is 18.2 Å². The number of aromatic nitrogens is 2. The number of nitrogens with zero attached hydrogens (tertiary/aromatic N) is 1. The van der Waals surface area contributed by atoms with Crippen LogP contribution in [0.15, 0.2) is 18.2 Å². The second kappa shape index (κ2) is 5.51. The van der Waals surface area contributed by atoms with Gasteiger partial charge in [-0.3, -0.25) is 0 Å². The molecule has 6 nitrogen and oxygen atoms in total. The molecule has 2 aromatic rings. The number of hydrogen-bond donors (Lipinski definition) is 4. The molecule has 6 heteroatoms. The zero-order valence-corrected chi connectivity index (χ0v) is 9.44. The molecule has 0 radical (unpaired) electrons. The van der Waals surface area contributed by atoms with Gasteiger partial charge >= 0.3 is 0 Å². The number of aliphatic hydroxyl groups is 1. The van der Waals surface area contributed by atoms with Crippen LogP contribution in [0.25, 0.3) is 11.0 Å². The van der Waals surface area contributed by atoms with E-state index in [2.05, 4.69) is 15.3 Å². The summed E-state index contributed by atoms with van der Waals surface area (Å²) in [5, 5.41) is 11.6. The summed E-state index contributed by atoms with van der Waals surface area (Å²) in [7, 11) is 0. The van der Waals surface area contributed by atoms with Crippen molar-refractivity contribution in [1.82, 2.24) is 9.97 Å². The molecular formula is C11H16N4O2. The molecule has 1 heterocycles. The molecule has 0 aliphatic heterocycles. The summed E-state index contributed by atoms with van der Waals surface area (Å²) >= 11 is 0. The van der Waals surface area contributed by atoms with E-state index in [0.29, 0.717) is 31.4 Å². The van der Waals surface area contributed by atoms with Crippen molar-refractivity contribution in [3.05, 3.63) is 18.2 Å². The monoisotopic (exact) mass is 236 g/mol. The molecule has 92 valence electrons. The van der Waals surface area contributed by atoms with Crippen LogP contribution < -0.4 is 11.1 Å².